The summed E-state index contributed by atoms with van der Waals surface area (Å²) in [5, 5.41) is 8.86. The first kappa shape index (κ1) is 12.7. The maximum atomic E-state index is 5.85. The lowest BCUT2D eigenvalue weighted by Crippen LogP contribution is -2.28. The van der Waals surface area contributed by atoms with Crippen LogP contribution in [-0.4, -0.2) is 32.8 Å². The molecule has 6 nitrogen and oxygen atoms in total. The Morgan fingerprint density at radius 2 is 2.14 bits per heavy atom. The Morgan fingerprint density at radius 3 is 3.05 bits per heavy atom. The van der Waals surface area contributed by atoms with Gasteiger partial charge in [-0.2, -0.15) is 10.2 Å². The Labute approximate surface area is 123 Å². The first-order valence-corrected chi connectivity index (χ1v) is 7.56. The summed E-state index contributed by atoms with van der Waals surface area (Å²) in [4.78, 5) is 0. The predicted molar refractivity (Wildman–Crippen MR) is 76.7 cm³/mol. The second-order valence-corrected chi connectivity index (χ2v) is 6.10. The fourth-order valence-electron chi connectivity index (χ4n) is 3.16. The van der Waals surface area contributed by atoms with E-state index in [4.69, 9.17) is 9.47 Å². The quantitative estimate of drug-likeness (QED) is 0.848. The van der Waals surface area contributed by atoms with Crippen LogP contribution in [0.5, 0.6) is 11.8 Å². The second-order valence-electron chi connectivity index (χ2n) is 6.10. The molecule has 0 bridgehead atoms. The van der Waals surface area contributed by atoms with E-state index in [-0.39, 0.29) is 0 Å². The van der Waals surface area contributed by atoms with Crippen molar-refractivity contribution in [2.24, 2.45) is 5.92 Å². The zero-order chi connectivity index (χ0) is 14.4. The Kier molecular flexibility index (Phi) is 2.90. The smallest absolute Gasteiger partial charge is 0.215 e. The molecule has 0 saturated carbocycles. The van der Waals surface area contributed by atoms with Gasteiger partial charge in [-0.15, -0.1) is 0 Å². The van der Waals surface area contributed by atoms with E-state index in [9.17, 15) is 0 Å². The van der Waals surface area contributed by atoms with Crippen molar-refractivity contribution in [2.45, 2.75) is 39.3 Å². The highest BCUT2D eigenvalue weighted by Crippen LogP contribution is 2.32. The van der Waals surface area contributed by atoms with Gasteiger partial charge in [0.1, 0.15) is 0 Å². The van der Waals surface area contributed by atoms with Gasteiger partial charge in [0, 0.05) is 23.5 Å². The van der Waals surface area contributed by atoms with Crippen LogP contribution in [0.4, 0.5) is 0 Å². The molecule has 6 heteroatoms. The van der Waals surface area contributed by atoms with Gasteiger partial charge in [0.25, 0.3) is 0 Å². The third kappa shape index (κ3) is 2.09. The van der Waals surface area contributed by atoms with E-state index in [1.54, 1.807) is 0 Å². The van der Waals surface area contributed by atoms with Crippen LogP contribution in [-0.2, 0) is 13.0 Å². The van der Waals surface area contributed by atoms with E-state index in [1.807, 2.05) is 28.7 Å². The predicted octanol–water partition coefficient (Wildman–Crippen LogP) is 1.98. The highest BCUT2D eigenvalue weighted by atomic mass is 16.5. The SMILES string of the molecule is Cc1cnn2c1OC[C@@H](Cc1cnn3c1OCCC3C)C2. The van der Waals surface area contributed by atoms with Crippen molar-refractivity contribution in [1.82, 2.24) is 19.6 Å². The minimum absolute atomic E-state index is 0.409. The van der Waals surface area contributed by atoms with E-state index in [1.165, 1.54) is 5.56 Å². The normalized spacial score (nSPS) is 23.9. The average Bonchev–Trinajstić information content (AvgIpc) is 3.05. The van der Waals surface area contributed by atoms with Crippen molar-refractivity contribution in [1.29, 1.82) is 0 Å². The van der Waals surface area contributed by atoms with Crippen molar-refractivity contribution >= 4 is 0 Å². The van der Waals surface area contributed by atoms with Crippen LogP contribution in [0.2, 0.25) is 0 Å². The maximum Gasteiger partial charge on any atom is 0.215 e. The molecule has 0 N–H and O–H groups in total. The van der Waals surface area contributed by atoms with Gasteiger partial charge in [-0.05, 0) is 20.3 Å². The number of hydrogen-bond donors (Lipinski definition) is 0. The fourth-order valence-corrected chi connectivity index (χ4v) is 3.16. The number of hydrogen-bond acceptors (Lipinski definition) is 4. The highest BCUT2D eigenvalue weighted by Gasteiger charge is 2.27. The number of aromatic nitrogens is 4. The average molecular weight is 288 g/mol. The van der Waals surface area contributed by atoms with Gasteiger partial charge in [0.15, 0.2) is 0 Å². The van der Waals surface area contributed by atoms with Crippen molar-refractivity contribution in [3.8, 4) is 11.8 Å². The number of aryl methyl sites for hydroxylation is 1. The number of rotatable bonds is 2. The molecule has 0 amide bonds. The van der Waals surface area contributed by atoms with Crippen molar-refractivity contribution in [3.05, 3.63) is 23.5 Å². The molecule has 112 valence electrons. The minimum Gasteiger partial charge on any atom is -0.478 e. The molecule has 0 fully saturated rings. The minimum atomic E-state index is 0.409. The third-order valence-electron chi connectivity index (χ3n) is 4.37. The summed E-state index contributed by atoms with van der Waals surface area (Å²) in [7, 11) is 0. The van der Waals surface area contributed by atoms with Gasteiger partial charge in [0.05, 0.1) is 38.2 Å². The topological polar surface area (TPSA) is 54.1 Å². The van der Waals surface area contributed by atoms with Crippen LogP contribution < -0.4 is 9.47 Å². The lowest BCUT2D eigenvalue weighted by molar-refractivity contribution is 0.159. The van der Waals surface area contributed by atoms with Crippen molar-refractivity contribution in [2.75, 3.05) is 13.2 Å². The lowest BCUT2D eigenvalue weighted by atomic mass is 10.0. The molecular weight excluding hydrogens is 268 g/mol. The fraction of sp³-hybridized carbons (Fsp3) is 0.600. The van der Waals surface area contributed by atoms with Gasteiger partial charge < -0.3 is 9.47 Å². The molecule has 2 atom stereocenters. The summed E-state index contributed by atoms with van der Waals surface area (Å²) in [5.41, 5.74) is 2.29. The summed E-state index contributed by atoms with van der Waals surface area (Å²) >= 11 is 0. The first-order valence-electron chi connectivity index (χ1n) is 7.56. The van der Waals surface area contributed by atoms with Gasteiger partial charge in [-0.3, -0.25) is 0 Å². The van der Waals surface area contributed by atoms with Gasteiger partial charge in [-0.25, -0.2) is 9.36 Å². The van der Waals surface area contributed by atoms with E-state index < -0.39 is 0 Å². The first-order chi connectivity index (χ1) is 10.2. The Hall–Kier alpha value is -1.98. The largest absolute Gasteiger partial charge is 0.478 e. The summed E-state index contributed by atoms with van der Waals surface area (Å²) in [6.07, 6.45) is 5.75. The molecule has 1 unspecified atom stereocenters. The van der Waals surface area contributed by atoms with E-state index in [0.29, 0.717) is 12.0 Å². The lowest BCUT2D eigenvalue weighted by Gasteiger charge is -2.26. The molecule has 0 radical (unpaired) electrons. The van der Waals surface area contributed by atoms with E-state index in [0.717, 1.165) is 49.9 Å². The summed E-state index contributed by atoms with van der Waals surface area (Å²) in [6, 6.07) is 0.422. The van der Waals surface area contributed by atoms with Crippen LogP contribution in [0.25, 0.3) is 0 Å². The molecule has 0 aromatic carbocycles. The maximum absolute atomic E-state index is 5.85. The molecule has 2 aliphatic heterocycles. The third-order valence-corrected chi connectivity index (χ3v) is 4.37. The molecule has 4 rings (SSSR count). The second kappa shape index (κ2) is 4.79. The standard InChI is InChI=1S/C15H20N4O2/c1-10-6-16-18-8-12(9-21-14(10)18)5-13-7-17-19-11(2)3-4-20-15(13)19/h6-7,11-12H,3-5,8-9H2,1-2H3/t11?,12-/m0/s1. The van der Waals surface area contributed by atoms with Gasteiger partial charge in [0.2, 0.25) is 11.8 Å². The van der Waals surface area contributed by atoms with Gasteiger partial charge >= 0.3 is 0 Å². The van der Waals surface area contributed by atoms with E-state index >= 15 is 0 Å². The summed E-state index contributed by atoms with van der Waals surface area (Å²) in [5.74, 6) is 2.26. The zero-order valence-electron chi connectivity index (χ0n) is 12.5. The molecule has 0 saturated heterocycles. The Bertz CT molecular complexity index is 661. The molecule has 2 aromatic heterocycles. The number of ether oxygens (including phenoxy) is 2. The molecular formula is C15H20N4O2. The van der Waals surface area contributed by atoms with Crippen molar-refractivity contribution < 1.29 is 9.47 Å². The van der Waals surface area contributed by atoms with Crippen LogP contribution in [0.1, 0.15) is 30.5 Å². The highest BCUT2D eigenvalue weighted by molar-refractivity contribution is 5.27. The van der Waals surface area contributed by atoms with E-state index in [2.05, 4.69) is 17.1 Å². The van der Waals surface area contributed by atoms with Crippen LogP contribution in [0.3, 0.4) is 0 Å². The molecule has 0 spiro atoms. The molecule has 2 aromatic rings. The zero-order valence-corrected chi connectivity index (χ0v) is 12.5. The number of fused-ring (bicyclic) bond motifs is 2. The Balaban J connectivity index is 1.53. The number of nitrogens with zero attached hydrogens (tertiary/aromatic N) is 4. The monoisotopic (exact) mass is 288 g/mol. The Morgan fingerprint density at radius 1 is 1.24 bits per heavy atom. The summed E-state index contributed by atoms with van der Waals surface area (Å²) < 4.78 is 15.6. The molecule has 21 heavy (non-hydrogen) atoms. The molecule has 0 aliphatic carbocycles. The van der Waals surface area contributed by atoms with Crippen LogP contribution in [0, 0.1) is 12.8 Å². The van der Waals surface area contributed by atoms with Crippen LogP contribution in [0.15, 0.2) is 12.4 Å². The molecule has 4 heterocycles. The molecule has 2 aliphatic rings. The van der Waals surface area contributed by atoms with Gasteiger partial charge in [-0.1, -0.05) is 0 Å². The van der Waals surface area contributed by atoms with Crippen molar-refractivity contribution in [3.63, 3.8) is 0 Å². The summed E-state index contributed by atoms with van der Waals surface area (Å²) in [6.45, 7) is 6.62. The van der Waals surface area contributed by atoms with Crippen LogP contribution >= 0.6 is 0 Å².